The number of ether oxygens (including phenoxy) is 1. The SMILES string of the molecule is CCOc1ccc(C)cc1CCC1(CC(=O)O)CCCC1. The van der Waals surface area contributed by atoms with Crippen molar-refractivity contribution in [1.29, 1.82) is 0 Å². The number of carbonyl (C=O) groups is 1. The number of carboxylic acid groups (broad SMARTS) is 1. The van der Waals surface area contributed by atoms with Gasteiger partial charge in [0.05, 0.1) is 13.0 Å². The van der Waals surface area contributed by atoms with Gasteiger partial charge in [-0.25, -0.2) is 0 Å². The molecule has 1 aliphatic rings. The minimum Gasteiger partial charge on any atom is -0.494 e. The van der Waals surface area contributed by atoms with Crippen molar-refractivity contribution in [2.75, 3.05) is 6.61 Å². The zero-order valence-corrected chi connectivity index (χ0v) is 13.2. The molecule has 0 spiro atoms. The monoisotopic (exact) mass is 290 g/mol. The first kappa shape index (κ1) is 15.9. The Morgan fingerprint density at radius 1 is 1.33 bits per heavy atom. The third kappa shape index (κ3) is 4.23. The third-order valence-electron chi connectivity index (χ3n) is 4.63. The van der Waals surface area contributed by atoms with Crippen LogP contribution < -0.4 is 4.74 Å². The van der Waals surface area contributed by atoms with Crippen molar-refractivity contribution in [1.82, 2.24) is 0 Å². The van der Waals surface area contributed by atoms with Gasteiger partial charge in [-0.05, 0) is 56.6 Å². The third-order valence-corrected chi connectivity index (χ3v) is 4.63. The van der Waals surface area contributed by atoms with Gasteiger partial charge in [0.1, 0.15) is 5.75 Å². The summed E-state index contributed by atoms with van der Waals surface area (Å²) in [6.45, 7) is 4.74. The molecule has 1 aromatic rings. The molecule has 0 aliphatic heterocycles. The summed E-state index contributed by atoms with van der Waals surface area (Å²) in [4.78, 5) is 11.2. The fourth-order valence-corrected chi connectivity index (χ4v) is 3.56. The molecule has 21 heavy (non-hydrogen) atoms. The molecule has 0 aromatic heterocycles. The maximum atomic E-state index is 11.2. The van der Waals surface area contributed by atoms with E-state index in [9.17, 15) is 9.90 Å². The zero-order valence-electron chi connectivity index (χ0n) is 13.2. The highest BCUT2D eigenvalue weighted by molar-refractivity contribution is 5.67. The standard InChI is InChI=1S/C18H26O3/c1-3-21-16-7-6-14(2)12-15(16)8-11-18(13-17(19)20)9-4-5-10-18/h6-7,12H,3-5,8-11,13H2,1-2H3,(H,19,20). The molecule has 0 heterocycles. The van der Waals surface area contributed by atoms with Crippen LogP contribution in [0, 0.1) is 12.3 Å². The number of aryl methyl sites for hydroxylation is 2. The first-order valence-corrected chi connectivity index (χ1v) is 7.99. The first-order chi connectivity index (χ1) is 10.0. The number of carboxylic acids is 1. The minimum atomic E-state index is -0.661. The lowest BCUT2D eigenvalue weighted by atomic mass is 9.77. The second kappa shape index (κ2) is 6.97. The van der Waals surface area contributed by atoms with E-state index in [-0.39, 0.29) is 5.41 Å². The van der Waals surface area contributed by atoms with Gasteiger partial charge in [0.2, 0.25) is 0 Å². The van der Waals surface area contributed by atoms with Crippen LogP contribution in [0.3, 0.4) is 0 Å². The number of benzene rings is 1. The van der Waals surface area contributed by atoms with Crippen LogP contribution in [0.2, 0.25) is 0 Å². The van der Waals surface area contributed by atoms with Crippen molar-refractivity contribution in [3.05, 3.63) is 29.3 Å². The van der Waals surface area contributed by atoms with Crippen LogP contribution in [0.15, 0.2) is 18.2 Å². The van der Waals surface area contributed by atoms with E-state index in [0.717, 1.165) is 31.4 Å². The predicted octanol–water partition coefficient (Wildman–Crippen LogP) is 4.36. The van der Waals surface area contributed by atoms with Crippen LogP contribution in [-0.2, 0) is 11.2 Å². The van der Waals surface area contributed by atoms with E-state index in [4.69, 9.17) is 4.74 Å². The highest BCUT2D eigenvalue weighted by Crippen LogP contribution is 2.45. The van der Waals surface area contributed by atoms with E-state index >= 15 is 0 Å². The molecule has 0 bridgehead atoms. The van der Waals surface area contributed by atoms with Gasteiger partial charge in [0.25, 0.3) is 0 Å². The zero-order chi connectivity index (χ0) is 15.3. The quantitative estimate of drug-likeness (QED) is 0.811. The fraction of sp³-hybridized carbons (Fsp3) is 0.611. The summed E-state index contributed by atoms with van der Waals surface area (Å²) in [7, 11) is 0. The molecule has 1 saturated carbocycles. The molecule has 1 N–H and O–H groups in total. The van der Waals surface area contributed by atoms with Gasteiger partial charge in [-0.2, -0.15) is 0 Å². The number of hydrogen-bond donors (Lipinski definition) is 1. The first-order valence-electron chi connectivity index (χ1n) is 7.99. The second-order valence-electron chi connectivity index (χ2n) is 6.32. The van der Waals surface area contributed by atoms with Crippen LogP contribution in [-0.4, -0.2) is 17.7 Å². The van der Waals surface area contributed by atoms with Gasteiger partial charge in [0.15, 0.2) is 0 Å². The average molecular weight is 290 g/mol. The summed E-state index contributed by atoms with van der Waals surface area (Å²) in [5.74, 6) is 0.290. The normalized spacial score (nSPS) is 16.9. The Bertz CT molecular complexity index is 487. The Labute approximate surface area is 127 Å². The van der Waals surface area contributed by atoms with Crippen molar-refractivity contribution >= 4 is 5.97 Å². The Kier molecular flexibility index (Phi) is 5.27. The molecule has 3 nitrogen and oxygen atoms in total. The van der Waals surface area contributed by atoms with Crippen LogP contribution in [0.25, 0.3) is 0 Å². The van der Waals surface area contributed by atoms with Crippen LogP contribution >= 0.6 is 0 Å². The molecule has 1 aromatic carbocycles. The van der Waals surface area contributed by atoms with E-state index in [1.807, 2.05) is 13.0 Å². The van der Waals surface area contributed by atoms with Gasteiger partial charge in [-0.1, -0.05) is 30.5 Å². The van der Waals surface area contributed by atoms with Gasteiger partial charge in [0, 0.05) is 0 Å². The van der Waals surface area contributed by atoms with Crippen molar-refractivity contribution in [2.45, 2.75) is 58.8 Å². The summed E-state index contributed by atoms with van der Waals surface area (Å²) in [6, 6.07) is 6.28. The number of aliphatic carboxylic acids is 1. The van der Waals surface area contributed by atoms with Gasteiger partial charge >= 0.3 is 5.97 Å². The van der Waals surface area contributed by atoms with Crippen molar-refractivity contribution in [3.8, 4) is 5.75 Å². The Hall–Kier alpha value is -1.51. The topological polar surface area (TPSA) is 46.5 Å². The van der Waals surface area contributed by atoms with E-state index in [0.29, 0.717) is 13.0 Å². The van der Waals surface area contributed by atoms with Crippen molar-refractivity contribution in [3.63, 3.8) is 0 Å². The van der Waals surface area contributed by atoms with Crippen LogP contribution in [0.5, 0.6) is 5.75 Å². The Balaban J connectivity index is 2.10. The van der Waals surface area contributed by atoms with Crippen molar-refractivity contribution < 1.29 is 14.6 Å². The van der Waals surface area contributed by atoms with E-state index in [2.05, 4.69) is 19.1 Å². The highest BCUT2D eigenvalue weighted by atomic mass is 16.5. The molecule has 116 valence electrons. The molecular weight excluding hydrogens is 264 g/mol. The lowest BCUT2D eigenvalue weighted by Gasteiger charge is -2.27. The maximum Gasteiger partial charge on any atom is 0.303 e. The molecular formula is C18H26O3. The second-order valence-corrected chi connectivity index (χ2v) is 6.32. The molecule has 0 amide bonds. The predicted molar refractivity (Wildman–Crippen MR) is 83.8 cm³/mol. The smallest absolute Gasteiger partial charge is 0.303 e. The largest absolute Gasteiger partial charge is 0.494 e. The Morgan fingerprint density at radius 3 is 2.67 bits per heavy atom. The Morgan fingerprint density at radius 2 is 2.05 bits per heavy atom. The molecule has 0 unspecified atom stereocenters. The maximum absolute atomic E-state index is 11.2. The van der Waals surface area contributed by atoms with Gasteiger partial charge in [-0.3, -0.25) is 4.79 Å². The molecule has 1 fully saturated rings. The molecule has 0 saturated heterocycles. The highest BCUT2D eigenvalue weighted by Gasteiger charge is 2.35. The summed E-state index contributed by atoms with van der Waals surface area (Å²) >= 11 is 0. The van der Waals surface area contributed by atoms with Crippen LogP contribution in [0.1, 0.15) is 56.6 Å². The summed E-state index contributed by atoms with van der Waals surface area (Å²) in [5.41, 5.74) is 2.44. The average Bonchev–Trinajstić information content (AvgIpc) is 2.87. The number of rotatable bonds is 7. The molecule has 0 radical (unpaired) electrons. The summed E-state index contributed by atoms with van der Waals surface area (Å²) in [5, 5.41) is 9.19. The molecule has 1 aliphatic carbocycles. The lowest BCUT2D eigenvalue weighted by molar-refractivity contribution is -0.139. The lowest BCUT2D eigenvalue weighted by Crippen LogP contribution is -2.22. The summed E-state index contributed by atoms with van der Waals surface area (Å²) in [6.07, 6.45) is 6.60. The van der Waals surface area contributed by atoms with E-state index < -0.39 is 5.97 Å². The van der Waals surface area contributed by atoms with E-state index in [1.165, 1.54) is 24.0 Å². The number of hydrogen-bond acceptors (Lipinski definition) is 2. The van der Waals surface area contributed by atoms with Gasteiger partial charge < -0.3 is 9.84 Å². The minimum absolute atomic E-state index is 0.000928. The van der Waals surface area contributed by atoms with Crippen molar-refractivity contribution in [2.24, 2.45) is 5.41 Å². The fourth-order valence-electron chi connectivity index (χ4n) is 3.56. The molecule has 3 heteroatoms. The summed E-state index contributed by atoms with van der Waals surface area (Å²) < 4.78 is 5.70. The van der Waals surface area contributed by atoms with Crippen LogP contribution in [0.4, 0.5) is 0 Å². The van der Waals surface area contributed by atoms with E-state index in [1.54, 1.807) is 0 Å². The molecule has 2 rings (SSSR count). The molecule has 0 atom stereocenters. The van der Waals surface area contributed by atoms with Gasteiger partial charge in [-0.15, -0.1) is 0 Å².